The van der Waals surface area contributed by atoms with Crippen molar-refractivity contribution in [1.29, 1.82) is 0 Å². The fraction of sp³-hybridized carbons (Fsp3) is 0.111. The summed E-state index contributed by atoms with van der Waals surface area (Å²) in [6.45, 7) is 1.48. The fourth-order valence-corrected chi connectivity index (χ4v) is 1.04. The van der Waals surface area contributed by atoms with Gasteiger partial charge in [-0.15, -0.1) is 0 Å². The van der Waals surface area contributed by atoms with Gasteiger partial charge in [-0.25, -0.2) is 4.98 Å². The van der Waals surface area contributed by atoms with Crippen LogP contribution >= 0.6 is 0 Å². The van der Waals surface area contributed by atoms with Crippen LogP contribution in [-0.2, 0) is 0 Å². The van der Waals surface area contributed by atoms with E-state index in [0.29, 0.717) is 11.4 Å². The molecule has 12 heavy (non-hydrogen) atoms. The van der Waals surface area contributed by atoms with Gasteiger partial charge in [0.2, 0.25) is 5.71 Å². The van der Waals surface area contributed by atoms with Crippen molar-refractivity contribution in [2.45, 2.75) is 6.92 Å². The number of fused-ring (bicyclic) bond motifs is 1. The highest BCUT2D eigenvalue weighted by molar-refractivity contribution is 5.93. The van der Waals surface area contributed by atoms with Gasteiger partial charge in [-0.05, 0) is 18.2 Å². The van der Waals surface area contributed by atoms with Crippen molar-refractivity contribution in [3.05, 3.63) is 30.2 Å². The van der Waals surface area contributed by atoms with Gasteiger partial charge in [0.1, 0.15) is 5.69 Å². The molecule has 0 amide bonds. The van der Waals surface area contributed by atoms with Crippen molar-refractivity contribution in [2.75, 3.05) is 0 Å². The van der Waals surface area contributed by atoms with Crippen LogP contribution in [0.15, 0.2) is 28.9 Å². The van der Waals surface area contributed by atoms with Crippen LogP contribution < -0.4 is 0 Å². The molecule has 60 valence electrons. The zero-order chi connectivity index (χ0) is 8.55. The molecule has 0 aliphatic rings. The summed E-state index contributed by atoms with van der Waals surface area (Å²) in [5.41, 5.74) is 0.958. The van der Waals surface area contributed by atoms with Crippen molar-refractivity contribution in [3.63, 3.8) is 0 Å². The lowest BCUT2D eigenvalue weighted by Gasteiger charge is -1.92. The number of carbonyl (C=O) groups excluding carboxylic acids is 1. The molecular weight excluding hydrogens is 154 g/mol. The van der Waals surface area contributed by atoms with Crippen LogP contribution in [0.5, 0.6) is 0 Å². The second kappa shape index (κ2) is 2.44. The van der Waals surface area contributed by atoms with Crippen LogP contribution in [0.2, 0.25) is 0 Å². The van der Waals surface area contributed by atoms with Gasteiger partial charge < -0.3 is 4.42 Å². The van der Waals surface area contributed by atoms with Crippen LogP contribution in [0.3, 0.4) is 0 Å². The second-order valence-electron chi connectivity index (χ2n) is 2.57. The maximum Gasteiger partial charge on any atom is 0.226 e. The van der Waals surface area contributed by atoms with E-state index in [1.165, 1.54) is 6.92 Å². The van der Waals surface area contributed by atoms with Gasteiger partial charge >= 0.3 is 0 Å². The van der Waals surface area contributed by atoms with E-state index in [4.69, 9.17) is 4.42 Å². The molecule has 2 aromatic heterocycles. The summed E-state index contributed by atoms with van der Waals surface area (Å²) in [5.74, 6) is -0.0479. The number of furan rings is 1. The minimum atomic E-state index is -0.0479. The molecule has 2 rings (SSSR count). The number of aromatic nitrogens is 1. The number of rotatable bonds is 1. The molecule has 2 aromatic rings. The predicted molar refractivity (Wildman–Crippen MR) is 44.0 cm³/mol. The summed E-state index contributed by atoms with van der Waals surface area (Å²) < 4.78 is 5.05. The molecule has 0 N–H and O–H groups in total. The number of hydrogen-bond donors (Lipinski definition) is 0. The van der Waals surface area contributed by atoms with E-state index >= 15 is 0 Å². The molecule has 0 radical (unpaired) electrons. The molecule has 0 bridgehead atoms. The largest absolute Gasteiger partial charge is 0.446 e. The van der Waals surface area contributed by atoms with Gasteiger partial charge in [-0.3, -0.25) is 4.79 Å². The Hall–Kier alpha value is -1.64. The maximum absolute atomic E-state index is 10.9. The number of carbonyl (C=O) groups is 1. The Balaban J connectivity index is 2.68. The third-order valence-electron chi connectivity index (χ3n) is 1.68. The summed E-state index contributed by atoms with van der Waals surface area (Å²) >= 11 is 0. The lowest BCUT2D eigenvalue weighted by atomic mass is 10.2. The molecule has 3 nitrogen and oxygen atoms in total. The number of hydrogen-bond acceptors (Lipinski definition) is 3. The number of Topliss-reactive ketones (excluding diaryl/α,β-unsaturated/α-hetero) is 1. The van der Waals surface area contributed by atoms with E-state index in [1.54, 1.807) is 12.3 Å². The van der Waals surface area contributed by atoms with Gasteiger partial charge in [0, 0.05) is 12.3 Å². The van der Waals surface area contributed by atoms with Crippen molar-refractivity contribution < 1.29 is 9.21 Å². The van der Waals surface area contributed by atoms with E-state index in [2.05, 4.69) is 4.98 Å². The average molecular weight is 161 g/mol. The van der Waals surface area contributed by atoms with Crippen molar-refractivity contribution in [3.8, 4) is 0 Å². The Labute approximate surface area is 69.0 Å². The van der Waals surface area contributed by atoms with E-state index in [9.17, 15) is 4.79 Å². The van der Waals surface area contributed by atoms with Gasteiger partial charge in [0.15, 0.2) is 5.78 Å². The standard InChI is InChI=1S/C9H7NO2/c1-6(11)8-3-2-7-4-5-12-9(7)10-8/h2-5H,1H3. The monoisotopic (exact) mass is 161 g/mol. The summed E-state index contributed by atoms with van der Waals surface area (Å²) in [6.07, 6.45) is 1.56. The lowest BCUT2D eigenvalue weighted by molar-refractivity contribution is 0.101. The Kier molecular flexibility index (Phi) is 1.43. The Morgan fingerprint density at radius 2 is 2.25 bits per heavy atom. The second-order valence-corrected chi connectivity index (χ2v) is 2.57. The van der Waals surface area contributed by atoms with Crippen molar-refractivity contribution in [2.24, 2.45) is 0 Å². The highest BCUT2D eigenvalue weighted by Crippen LogP contribution is 2.13. The molecular formula is C9H7NO2. The summed E-state index contributed by atoms with van der Waals surface area (Å²) in [5, 5.41) is 0.917. The van der Waals surface area contributed by atoms with E-state index in [-0.39, 0.29) is 5.78 Å². The maximum atomic E-state index is 10.9. The first-order valence-corrected chi connectivity index (χ1v) is 3.62. The average Bonchev–Trinajstić information content (AvgIpc) is 2.49. The van der Waals surface area contributed by atoms with Crippen LogP contribution in [0.25, 0.3) is 11.1 Å². The SMILES string of the molecule is CC(=O)c1ccc2ccoc2n1. The van der Waals surface area contributed by atoms with Crippen LogP contribution in [-0.4, -0.2) is 10.8 Å². The smallest absolute Gasteiger partial charge is 0.226 e. The first-order chi connectivity index (χ1) is 5.77. The fourth-order valence-electron chi connectivity index (χ4n) is 1.04. The molecule has 0 saturated heterocycles. The Bertz CT molecular complexity index is 431. The normalized spacial score (nSPS) is 10.4. The number of pyridine rings is 1. The van der Waals surface area contributed by atoms with Gasteiger partial charge in [-0.2, -0.15) is 0 Å². The van der Waals surface area contributed by atoms with Crippen LogP contribution in [0.1, 0.15) is 17.4 Å². The first-order valence-electron chi connectivity index (χ1n) is 3.62. The quantitative estimate of drug-likeness (QED) is 0.601. The lowest BCUT2D eigenvalue weighted by Crippen LogP contribution is -1.94. The van der Waals surface area contributed by atoms with Crippen molar-refractivity contribution in [1.82, 2.24) is 4.98 Å². The van der Waals surface area contributed by atoms with E-state index < -0.39 is 0 Å². The summed E-state index contributed by atoms with van der Waals surface area (Å²) in [6, 6.07) is 5.33. The Morgan fingerprint density at radius 3 is 3.00 bits per heavy atom. The topological polar surface area (TPSA) is 43.1 Å². The molecule has 0 saturated carbocycles. The molecule has 2 heterocycles. The minimum absolute atomic E-state index is 0.0479. The molecule has 0 unspecified atom stereocenters. The van der Waals surface area contributed by atoms with E-state index in [0.717, 1.165) is 5.39 Å². The zero-order valence-electron chi connectivity index (χ0n) is 6.57. The summed E-state index contributed by atoms with van der Waals surface area (Å²) in [7, 11) is 0. The van der Waals surface area contributed by atoms with Crippen molar-refractivity contribution >= 4 is 16.9 Å². The van der Waals surface area contributed by atoms with E-state index in [1.807, 2.05) is 12.1 Å². The molecule has 0 aliphatic carbocycles. The molecule has 0 aromatic carbocycles. The number of ketones is 1. The third kappa shape index (κ3) is 0.993. The third-order valence-corrected chi connectivity index (χ3v) is 1.68. The molecule has 0 aliphatic heterocycles. The predicted octanol–water partition coefficient (Wildman–Crippen LogP) is 2.03. The minimum Gasteiger partial charge on any atom is -0.446 e. The summed E-state index contributed by atoms with van der Waals surface area (Å²) in [4.78, 5) is 14.9. The first kappa shape index (κ1) is 7.03. The van der Waals surface area contributed by atoms with Crippen LogP contribution in [0.4, 0.5) is 0 Å². The van der Waals surface area contributed by atoms with Gasteiger partial charge in [0.25, 0.3) is 0 Å². The Morgan fingerprint density at radius 1 is 1.42 bits per heavy atom. The highest BCUT2D eigenvalue weighted by atomic mass is 16.3. The molecule has 0 spiro atoms. The van der Waals surface area contributed by atoms with Crippen LogP contribution in [0, 0.1) is 0 Å². The molecule has 0 atom stereocenters. The van der Waals surface area contributed by atoms with Gasteiger partial charge in [0.05, 0.1) is 6.26 Å². The van der Waals surface area contributed by atoms with Gasteiger partial charge in [-0.1, -0.05) is 0 Å². The molecule has 3 heteroatoms. The zero-order valence-corrected chi connectivity index (χ0v) is 6.57. The highest BCUT2D eigenvalue weighted by Gasteiger charge is 2.03. The number of nitrogens with zero attached hydrogens (tertiary/aromatic N) is 1. The molecule has 0 fully saturated rings.